The van der Waals surface area contributed by atoms with E-state index >= 15 is 0 Å². The minimum absolute atomic E-state index is 0.297. The highest BCUT2D eigenvalue weighted by Crippen LogP contribution is 2.42. The SMILES string of the molecule is NCc1sc(CCOc2ccccc2F)nc1C1CC1. The summed E-state index contributed by atoms with van der Waals surface area (Å²) in [4.78, 5) is 5.85. The van der Waals surface area contributed by atoms with Gasteiger partial charge in [0.15, 0.2) is 11.6 Å². The standard InChI is InChI=1S/C15H17FN2OS/c16-11-3-1-2-4-12(11)19-8-7-14-18-15(10-5-6-10)13(9-17)20-14/h1-4,10H,5-9,17H2. The number of thiazole rings is 1. The molecule has 3 nitrogen and oxygen atoms in total. The van der Waals surface area contributed by atoms with Gasteiger partial charge >= 0.3 is 0 Å². The Kier molecular flexibility index (Phi) is 3.98. The van der Waals surface area contributed by atoms with Crippen LogP contribution in [0.3, 0.4) is 0 Å². The summed E-state index contributed by atoms with van der Waals surface area (Å²) in [6, 6.07) is 6.45. The van der Waals surface area contributed by atoms with Crippen molar-refractivity contribution in [1.29, 1.82) is 0 Å². The summed E-state index contributed by atoms with van der Waals surface area (Å²) in [5, 5.41) is 1.03. The first-order valence-electron chi connectivity index (χ1n) is 6.84. The molecule has 1 aliphatic rings. The van der Waals surface area contributed by atoms with Crippen LogP contribution in [0.5, 0.6) is 5.75 Å². The van der Waals surface area contributed by atoms with Crippen molar-refractivity contribution in [2.75, 3.05) is 6.61 Å². The highest BCUT2D eigenvalue weighted by atomic mass is 32.1. The lowest BCUT2D eigenvalue weighted by atomic mass is 10.2. The van der Waals surface area contributed by atoms with E-state index in [2.05, 4.69) is 4.98 Å². The molecule has 1 fully saturated rings. The van der Waals surface area contributed by atoms with E-state index in [4.69, 9.17) is 10.5 Å². The van der Waals surface area contributed by atoms with E-state index in [0.29, 0.717) is 31.2 Å². The third-order valence-corrected chi connectivity index (χ3v) is 4.48. The summed E-state index contributed by atoms with van der Waals surface area (Å²) in [6.45, 7) is 0.986. The predicted octanol–water partition coefficient (Wildman–Crippen LogP) is 3.24. The van der Waals surface area contributed by atoms with Crippen LogP contribution in [0.4, 0.5) is 4.39 Å². The first kappa shape index (κ1) is 13.5. The Bertz CT molecular complexity index is 595. The number of nitrogens with two attached hydrogens (primary N) is 1. The van der Waals surface area contributed by atoms with E-state index in [1.807, 2.05) is 0 Å². The molecular formula is C15H17FN2OS. The van der Waals surface area contributed by atoms with Gasteiger partial charge in [0.25, 0.3) is 0 Å². The highest BCUT2D eigenvalue weighted by molar-refractivity contribution is 7.11. The van der Waals surface area contributed by atoms with Gasteiger partial charge in [-0.05, 0) is 25.0 Å². The maximum atomic E-state index is 13.4. The summed E-state index contributed by atoms with van der Waals surface area (Å²) in [7, 11) is 0. The molecule has 0 atom stereocenters. The van der Waals surface area contributed by atoms with Gasteiger partial charge in [-0.25, -0.2) is 9.37 Å². The topological polar surface area (TPSA) is 48.1 Å². The number of ether oxygens (including phenoxy) is 1. The van der Waals surface area contributed by atoms with Crippen molar-refractivity contribution in [3.05, 3.63) is 45.7 Å². The monoisotopic (exact) mass is 292 g/mol. The first-order valence-corrected chi connectivity index (χ1v) is 7.65. The highest BCUT2D eigenvalue weighted by Gasteiger charge is 2.29. The Morgan fingerprint density at radius 3 is 2.85 bits per heavy atom. The van der Waals surface area contributed by atoms with Gasteiger partial charge < -0.3 is 10.5 Å². The van der Waals surface area contributed by atoms with Crippen LogP contribution in [0.1, 0.15) is 34.3 Å². The van der Waals surface area contributed by atoms with E-state index in [1.54, 1.807) is 29.5 Å². The van der Waals surface area contributed by atoms with E-state index in [0.717, 1.165) is 5.01 Å². The van der Waals surface area contributed by atoms with Crippen LogP contribution >= 0.6 is 11.3 Å². The molecule has 0 spiro atoms. The van der Waals surface area contributed by atoms with Gasteiger partial charge in [-0.3, -0.25) is 0 Å². The molecule has 0 bridgehead atoms. The van der Waals surface area contributed by atoms with Crippen molar-refractivity contribution in [3.63, 3.8) is 0 Å². The van der Waals surface area contributed by atoms with Crippen molar-refractivity contribution in [2.24, 2.45) is 5.73 Å². The molecule has 0 saturated heterocycles. The van der Waals surface area contributed by atoms with Gasteiger partial charge in [-0.1, -0.05) is 12.1 Å². The second-order valence-electron chi connectivity index (χ2n) is 4.92. The fraction of sp³-hybridized carbons (Fsp3) is 0.400. The maximum absolute atomic E-state index is 13.4. The largest absolute Gasteiger partial charge is 0.490 e. The van der Waals surface area contributed by atoms with Gasteiger partial charge in [-0.15, -0.1) is 11.3 Å². The van der Waals surface area contributed by atoms with Gasteiger partial charge in [0, 0.05) is 23.8 Å². The van der Waals surface area contributed by atoms with Gasteiger partial charge in [0.05, 0.1) is 17.3 Å². The number of hydrogen-bond donors (Lipinski definition) is 1. The molecule has 5 heteroatoms. The summed E-state index contributed by atoms with van der Waals surface area (Å²) >= 11 is 1.66. The molecule has 2 N–H and O–H groups in total. The minimum atomic E-state index is -0.326. The van der Waals surface area contributed by atoms with Crippen molar-refractivity contribution >= 4 is 11.3 Å². The third kappa shape index (κ3) is 2.99. The molecule has 1 aromatic heterocycles. The Morgan fingerprint density at radius 1 is 1.35 bits per heavy atom. The molecule has 0 unspecified atom stereocenters. The molecule has 2 aromatic rings. The Hall–Kier alpha value is -1.46. The Balaban J connectivity index is 1.60. The van der Waals surface area contributed by atoms with Crippen LogP contribution in [0.2, 0.25) is 0 Å². The summed E-state index contributed by atoms with van der Waals surface area (Å²) in [5.74, 6) is 0.588. The molecule has 1 aliphatic carbocycles. The van der Waals surface area contributed by atoms with Gasteiger partial charge in [0.1, 0.15) is 0 Å². The van der Waals surface area contributed by atoms with E-state index in [-0.39, 0.29) is 5.82 Å². The molecule has 106 valence electrons. The number of benzene rings is 1. The van der Waals surface area contributed by atoms with Crippen molar-refractivity contribution in [1.82, 2.24) is 4.98 Å². The second kappa shape index (κ2) is 5.89. The van der Waals surface area contributed by atoms with Crippen molar-refractivity contribution in [2.45, 2.75) is 31.7 Å². The molecule has 1 aromatic carbocycles. The summed E-state index contributed by atoms with van der Waals surface area (Å²) < 4.78 is 18.9. The van der Waals surface area contributed by atoms with Crippen molar-refractivity contribution < 1.29 is 9.13 Å². The molecule has 1 saturated carbocycles. The quantitative estimate of drug-likeness (QED) is 0.889. The number of hydrogen-bond acceptors (Lipinski definition) is 4. The zero-order valence-electron chi connectivity index (χ0n) is 11.1. The van der Waals surface area contributed by atoms with E-state index in [9.17, 15) is 4.39 Å². The van der Waals surface area contributed by atoms with Gasteiger partial charge in [-0.2, -0.15) is 0 Å². The summed E-state index contributed by atoms with van der Waals surface area (Å²) in [6.07, 6.45) is 3.14. The van der Waals surface area contributed by atoms with E-state index in [1.165, 1.54) is 29.5 Å². The molecule has 20 heavy (non-hydrogen) atoms. The van der Waals surface area contributed by atoms with E-state index < -0.39 is 0 Å². The molecule has 0 radical (unpaired) electrons. The van der Waals surface area contributed by atoms with Crippen LogP contribution < -0.4 is 10.5 Å². The number of nitrogens with zero attached hydrogens (tertiary/aromatic N) is 1. The third-order valence-electron chi connectivity index (χ3n) is 3.33. The fourth-order valence-corrected chi connectivity index (χ4v) is 3.17. The Labute approximate surface area is 121 Å². The Morgan fingerprint density at radius 2 is 2.15 bits per heavy atom. The number of para-hydroxylation sites is 1. The number of halogens is 1. The van der Waals surface area contributed by atoms with Crippen LogP contribution in [0, 0.1) is 5.82 Å². The molecule has 0 aliphatic heterocycles. The first-order chi connectivity index (χ1) is 9.78. The fourth-order valence-electron chi connectivity index (χ4n) is 2.15. The average molecular weight is 292 g/mol. The van der Waals surface area contributed by atoms with Crippen LogP contribution in [-0.4, -0.2) is 11.6 Å². The zero-order valence-corrected chi connectivity index (χ0v) is 12.0. The molecule has 3 rings (SSSR count). The lowest BCUT2D eigenvalue weighted by Crippen LogP contribution is -2.02. The smallest absolute Gasteiger partial charge is 0.165 e. The van der Waals surface area contributed by atoms with Gasteiger partial charge in [0.2, 0.25) is 0 Å². The lowest BCUT2D eigenvalue weighted by Gasteiger charge is -2.05. The van der Waals surface area contributed by atoms with Crippen molar-refractivity contribution in [3.8, 4) is 5.75 Å². The predicted molar refractivity (Wildman–Crippen MR) is 77.6 cm³/mol. The van der Waals surface area contributed by atoms with Crippen LogP contribution in [-0.2, 0) is 13.0 Å². The minimum Gasteiger partial charge on any atom is -0.490 e. The average Bonchev–Trinajstić information content (AvgIpc) is 3.22. The zero-order chi connectivity index (χ0) is 13.9. The normalized spacial score (nSPS) is 14.5. The van der Waals surface area contributed by atoms with Crippen LogP contribution in [0.25, 0.3) is 0 Å². The number of rotatable bonds is 6. The molecular weight excluding hydrogens is 275 g/mol. The lowest BCUT2D eigenvalue weighted by molar-refractivity contribution is 0.305. The molecule has 1 heterocycles. The maximum Gasteiger partial charge on any atom is 0.165 e. The number of aromatic nitrogens is 1. The second-order valence-corrected chi connectivity index (χ2v) is 6.09. The van der Waals surface area contributed by atoms with Crippen LogP contribution in [0.15, 0.2) is 24.3 Å². The molecule has 0 amide bonds. The summed E-state index contributed by atoms with van der Waals surface area (Å²) in [5.41, 5.74) is 6.94.